The number of benzene rings is 4. The maximum Gasteiger partial charge on any atom is 0.310 e. The fourth-order valence-electron chi connectivity index (χ4n) is 8.00. The largest absolute Gasteiger partial charge is 0.408 e. The molecule has 5 heteroatoms. The van der Waals surface area contributed by atoms with Crippen LogP contribution in [0, 0.1) is 0 Å². The SMILES string of the molecule is CC(C)N([C@@H](C)C[C@H](C)P(c1ccccc1)c1ccccc1)p1oc2ccc3c(c2c2c4c(ccc2o1)CCCC4)CCCC3. The first-order valence-electron chi connectivity index (χ1n) is 17.1. The minimum absolute atomic E-state index is 0.276. The normalized spacial score (nSPS) is 16.2. The van der Waals surface area contributed by atoms with E-state index in [1.54, 1.807) is 0 Å². The van der Waals surface area contributed by atoms with Gasteiger partial charge in [-0.1, -0.05) is 79.7 Å². The van der Waals surface area contributed by atoms with Crippen LogP contribution in [-0.2, 0) is 25.7 Å². The average molecular weight is 636 g/mol. The summed E-state index contributed by atoms with van der Waals surface area (Å²) in [5, 5.41) is 5.57. The van der Waals surface area contributed by atoms with Gasteiger partial charge in [-0.05, 0) is 137 Å². The molecule has 2 atom stereocenters. The molecule has 1 heterocycles. The lowest BCUT2D eigenvalue weighted by molar-refractivity contribution is 0.531. The lowest BCUT2D eigenvalue weighted by atomic mass is 9.84. The average Bonchev–Trinajstić information content (AvgIpc) is 3.23. The summed E-state index contributed by atoms with van der Waals surface area (Å²) in [6, 6.07) is 32.1. The third-order valence-electron chi connectivity index (χ3n) is 9.95. The molecule has 0 saturated carbocycles. The van der Waals surface area contributed by atoms with Crippen LogP contribution in [-0.4, -0.2) is 17.7 Å². The van der Waals surface area contributed by atoms with Gasteiger partial charge in [-0.3, -0.25) is 0 Å². The Kier molecular flexibility index (Phi) is 9.24. The zero-order valence-corrected chi connectivity index (χ0v) is 29.1. The highest BCUT2D eigenvalue weighted by atomic mass is 31.1. The zero-order chi connectivity index (χ0) is 30.9. The van der Waals surface area contributed by atoms with Gasteiger partial charge in [0.1, 0.15) is 11.2 Å². The quantitative estimate of drug-likeness (QED) is 0.159. The van der Waals surface area contributed by atoms with Gasteiger partial charge in [0.2, 0.25) is 0 Å². The standard InChI is InChI=1S/C40H47NO2P2/c1-28(2)41(29(3)27-30(4)44(33-17-7-5-8-18-33)34-19-9-6-10-20-34)45-42-37-25-23-31-15-11-13-21-35(31)39(37)40-36-22-14-12-16-32(36)24-26-38(40)43-45/h5-10,17-20,23-26,28-30H,11-16,21-22,27H2,1-4H3/t29-,30-/m0/s1. The molecule has 0 radical (unpaired) electrons. The predicted molar refractivity (Wildman–Crippen MR) is 196 cm³/mol. The third-order valence-corrected chi connectivity index (χ3v) is 14.7. The summed E-state index contributed by atoms with van der Waals surface area (Å²) in [4.78, 5) is 0. The lowest BCUT2D eigenvalue weighted by Gasteiger charge is -2.33. The van der Waals surface area contributed by atoms with Crippen molar-refractivity contribution in [3.8, 4) is 0 Å². The van der Waals surface area contributed by atoms with E-state index in [1.807, 2.05) is 0 Å². The fraction of sp³-hybridized carbons (Fsp3) is 0.400. The first kappa shape index (κ1) is 30.8. The Hall–Kier alpha value is -2.83. The smallest absolute Gasteiger partial charge is 0.310 e. The van der Waals surface area contributed by atoms with Crippen molar-refractivity contribution >= 4 is 48.6 Å². The predicted octanol–water partition coefficient (Wildman–Crippen LogP) is 10.7. The number of aryl methyl sites for hydroxylation is 4. The zero-order valence-electron chi connectivity index (χ0n) is 27.3. The first-order valence-corrected chi connectivity index (χ1v) is 19.7. The van der Waals surface area contributed by atoms with Crippen molar-refractivity contribution in [3.63, 3.8) is 0 Å². The Morgan fingerprint density at radius 1 is 0.622 bits per heavy atom. The van der Waals surface area contributed by atoms with Gasteiger partial charge in [0.15, 0.2) is 0 Å². The molecule has 2 aliphatic rings. The highest BCUT2D eigenvalue weighted by Gasteiger charge is 2.30. The van der Waals surface area contributed by atoms with Crippen molar-refractivity contribution in [1.29, 1.82) is 0 Å². The summed E-state index contributed by atoms with van der Waals surface area (Å²) >= 11 is 0. The second-order valence-electron chi connectivity index (χ2n) is 13.4. The molecule has 0 saturated heterocycles. The van der Waals surface area contributed by atoms with Crippen molar-refractivity contribution in [2.75, 3.05) is 4.67 Å². The molecule has 1 aromatic heterocycles. The molecule has 7 rings (SSSR count). The van der Waals surface area contributed by atoms with Gasteiger partial charge in [-0.15, -0.1) is 0 Å². The van der Waals surface area contributed by atoms with Gasteiger partial charge in [0.05, 0.1) is 0 Å². The van der Waals surface area contributed by atoms with Gasteiger partial charge in [0.25, 0.3) is 0 Å². The van der Waals surface area contributed by atoms with Crippen LogP contribution >= 0.6 is 16.1 Å². The molecule has 0 unspecified atom stereocenters. The highest BCUT2D eigenvalue weighted by Crippen LogP contribution is 2.46. The molecular weight excluding hydrogens is 588 g/mol. The van der Waals surface area contributed by atoms with Crippen LogP contribution in [0.2, 0.25) is 0 Å². The lowest BCUT2D eigenvalue weighted by Crippen LogP contribution is -2.38. The Balaban J connectivity index is 1.34. The monoisotopic (exact) mass is 635 g/mol. The summed E-state index contributed by atoms with van der Waals surface area (Å²) in [5.41, 5.74) is 8.57. The molecule has 0 fully saturated rings. The van der Waals surface area contributed by atoms with Gasteiger partial charge < -0.3 is 8.39 Å². The molecule has 5 aromatic rings. The maximum absolute atomic E-state index is 7.13. The maximum atomic E-state index is 7.13. The van der Waals surface area contributed by atoms with Gasteiger partial charge >= 0.3 is 8.16 Å². The second kappa shape index (κ2) is 13.5. The number of nitrogens with zero attached hydrogens (tertiary/aromatic N) is 1. The summed E-state index contributed by atoms with van der Waals surface area (Å²) in [7, 11) is -1.87. The minimum Gasteiger partial charge on any atom is -0.408 e. The Bertz CT molecular complexity index is 1700. The van der Waals surface area contributed by atoms with Crippen LogP contribution in [0.5, 0.6) is 0 Å². The number of hydrogen-bond donors (Lipinski definition) is 0. The molecule has 0 N–H and O–H groups in total. The van der Waals surface area contributed by atoms with Gasteiger partial charge in [-0.25, -0.2) is 0 Å². The van der Waals surface area contributed by atoms with E-state index in [0.29, 0.717) is 5.66 Å². The van der Waals surface area contributed by atoms with E-state index in [0.717, 1.165) is 30.4 Å². The van der Waals surface area contributed by atoms with E-state index in [2.05, 4.69) is 117 Å². The molecule has 4 aromatic carbocycles. The van der Waals surface area contributed by atoms with Gasteiger partial charge in [0, 0.05) is 22.9 Å². The first-order chi connectivity index (χ1) is 22.0. The van der Waals surface area contributed by atoms with Crippen LogP contribution in [0.15, 0.2) is 93.3 Å². The Morgan fingerprint density at radius 3 is 1.56 bits per heavy atom. The fourth-order valence-corrected chi connectivity index (χ4v) is 12.5. The van der Waals surface area contributed by atoms with E-state index in [-0.39, 0.29) is 12.1 Å². The van der Waals surface area contributed by atoms with Crippen molar-refractivity contribution in [2.24, 2.45) is 0 Å². The van der Waals surface area contributed by atoms with Crippen LogP contribution in [0.25, 0.3) is 21.9 Å². The molecule has 0 aliphatic heterocycles. The van der Waals surface area contributed by atoms with E-state index in [9.17, 15) is 0 Å². The number of fused-ring (bicyclic) bond motifs is 7. The van der Waals surface area contributed by atoms with Crippen LogP contribution in [0.3, 0.4) is 0 Å². The summed E-state index contributed by atoms with van der Waals surface area (Å²) in [5.74, 6) is 0. The minimum atomic E-state index is -1.36. The van der Waals surface area contributed by atoms with Crippen molar-refractivity contribution < 1.29 is 8.39 Å². The van der Waals surface area contributed by atoms with E-state index >= 15 is 0 Å². The number of hydrogen-bond acceptors (Lipinski definition) is 3. The second-order valence-corrected chi connectivity index (χ2v) is 17.4. The molecule has 0 amide bonds. The van der Waals surface area contributed by atoms with E-state index in [4.69, 9.17) is 8.39 Å². The molecule has 234 valence electrons. The summed E-state index contributed by atoms with van der Waals surface area (Å²) < 4.78 is 16.8. The van der Waals surface area contributed by atoms with E-state index in [1.165, 1.54) is 82.2 Å². The topological polar surface area (TPSA) is 29.5 Å². The van der Waals surface area contributed by atoms with Crippen LogP contribution in [0.4, 0.5) is 0 Å². The molecule has 45 heavy (non-hydrogen) atoms. The molecule has 0 bridgehead atoms. The summed E-state index contributed by atoms with van der Waals surface area (Å²) in [6.45, 7) is 9.45. The molecule has 3 nitrogen and oxygen atoms in total. The molecular formula is C40H47NO2P2. The van der Waals surface area contributed by atoms with Crippen LogP contribution in [0.1, 0.15) is 82.1 Å². The van der Waals surface area contributed by atoms with E-state index < -0.39 is 16.1 Å². The van der Waals surface area contributed by atoms with Crippen molar-refractivity contribution in [1.82, 2.24) is 0 Å². The Morgan fingerprint density at radius 2 is 1.09 bits per heavy atom. The highest BCUT2D eigenvalue weighted by molar-refractivity contribution is 7.73. The van der Waals surface area contributed by atoms with Crippen LogP contribution < -0.4 is 15.3 Å². The Labute approximate surface area is 271 Å². The molecule has 2 aliphatic carbocycles. The van der Waals surface area contributed by atoms with Crippen molar-refractivity contribution in [3.05, 3.63) is 107 Å². The third kappa shape index (κ3) is 6.17. The molecule has 0 spiro atoms. The van der Waals surface area contributed by atoms with Gasteiger partial charge in [-0.2, -0.15) is 4.67 Å². The summed E-state index contributed by atoms with van der Waals surface area (Å²) in [6.07, 6.45) is 10.7. The van der Waals surface area contributed by atoms with Crippen molar-refractivity contribution in [2.45, 2.75) is 103 Å². The number of rotatable bonds is 8.